The van der Waals surface area contributed by atoms with Crippen molar-refractivity contribution in [3.8, 4) is 0 Å². The number of piperidine rings is 1. The third-order valence-corrected chi connectivity index (χ3v) is 6.74. The number of benzene rings is 2. The summed E-state index contributed by atoms with van der Waals surface area (Å²) < 4.78 is 5.99. The van der Waals surface area contributed by atoms with E-state index in [1.165, 1.54) is 0 Å². The summed E-state index contributed by atoms with van der Waals surface area (Å²) in [5.41, 5.74) is 4.89. The van der Waals surface area contributed by atoms with Crippen molar-refractivity contribution >= 4 is 22.8 Å². The second-order valence-corrected chi connectivity index (χ2v) is 8.90. The van der Waals surface area contributed by atoms with Gasteiger partial charge in [-0.1, -0.05) is 49.4 Å². The van der Waals surface area contributed by atoms with Gasteiger partial charge in [-0.25, -0.2) is 0 Å². The van der Waals surface area contributed by atoms with E-state index in [1.54, 1.807) is 0 Å². The maximum atomic E-state index is 13.1. The van der Waals surface area contributed by atoms with Crippen LogP contribution < -0.4 is 5.32 Å². The molecule has 2 heterocycles. The van der Waals surface area contributed by atoms with Crippen molar-refractivity contribution in [1.82, 2.24) is 10.2 Å². The van der Waals surface area contributed by atoms with Crippen molar-refractivity contribution in [2.24, 2.45) is 0 Å². The van der Waals surface area contributed by atoms with Gasteiger partial charge in [0, 0.05) is 30.1 Å². The first-order valence-corrected chi connectivity index (χ1v) is 11.5. The molecule has 1 N–H and O–H groups in total. The lowest BCUT2D eigenvalue weighted by molar-refractivity contribution is -0.134. The van der Waals surface area contributed by atoms with Crippen LogP contribution in [0.25, 0.3) is 11.0 Å². The fraction of sp³-hybridized carbons (Fsp3) is 0.407. The Balaban J connectivity index is 1.40. The van der Waals surface area contributed by atoms with Gasteiger partial charge < -0.3 is 14.6 Å². The third kappa shape index (κ3) is 4.16. The summed E-state index contributed by atoms with van der Waals surface area (Å²) >= 11 is 0. The Morgan fingerprint density at radius 2 is 1.69 bits per heavy atom. The van der Waals surface area contributed by atoms with Crippen LogP contribution in [0.2, 0.25) is 0 Å². The van der Waals surface area contributed by atoms with Gasteiger partial charge in [0.15, 0.2) is 5.76 Å². The minimum Gasteiger partial charge on any atom is -0.450 e. The Hall–Kier alpha value is -3.08. The first-order valence-electron chi connectivity index (χ1n) is 11.5. The molecule has 5 nitrogen and oxygen atoms in total. The summed E-state index contributed by atoms with van der Waals surface area (Å²) in [5, 5.41) is 4.17. The summed E-state index contributed by atoms with van der Waals surface area (Å²) in [4.78, 5) is 28.1. The van der Waals surface area contributed by atoms with E-state index >= 15 is 0 Å². The number of fused-ring (bicyclic) bond motifs is 1. The highest BCUT2D eigenvalue weighted by atomic mass is 16.3. The van der Waals surface area contributed by atoms with Gasteiger partial charge in [-0.05, 0) is 56.7 Å². The SMILES string of the molecule is CCC(C(=O)N1CCC(NC(=O)c2oc3c(C)ccc(C)c3c2C)CC1)c1ccccc1. The molecule has 0 spiro atoms. The molecule has 4 rings (SSSR count). The van der Waals surface area contributed by atoms with Gasteiger partial charge in [-0.15, -0.1) is 0 Å². The standard InChI is InChI=1S/C27H32N2O3/c1-5-22(20-9-7-6-8-10-20)27(31)29-15-13-21(14-16-29)28-26(30)25-19(4)23-17(2)11-12-18(3)24(23)32-25/h6-12,21-22H,5,13-16H2,1-4H3,(H,28,30). The molecule has 0 aliphatic carbocycles. The molecule has 1 aromatic heterocycles. The van der Waals surface area contributed by atoms with E-state index < -0.39 is 0 Å². The average Bonchev–Trinajstić information content (AvgIpc) is 3.16. The highest BCUT2D eigenvalue weighted by Crippen LogP contribution is 2.31. The topological polar surface area (TPSA) is 62.6 Å². The molecule has 1 unspecified atom stereocenters. The number of rotatable bonds is 5. The molecule has 1 fully saturated rings. The number of furan rings is 1. The lowest BCUT2D eigenvalue weighted by atomic mass is 9.93. The lowest BCUT2D eigenvalue weighted by Gasteiger charge is -2.34. The second-order valence-electron chi connectivity index (χ2n) is 8.90. The van der Waals surface area contributed by atoms with Crippen LogP contribution in [0, 0.1) is 20.8 Å². The molecule has 168 valence electrons. The molecule has 5 heteroatoms. The van der Waals surface area contributed by atoms with Crippen LogP contribution in [0.4, 0.5) is 0 Å². The number of carbonyl (C=O) groups excluding carboxylic acids is 2. The van der Waals surface area contributed by atoms with Crippen LogP contribution in [0.3, 0.4) is 0 Å². The highest BCUT2D eigenvalue weighted by molar-refractivity contribution is 6.00. The van der Waals surface area contributed by atoms with Crippen LogP contribution in [0.1, 0.15) is 64.9 Å². The van der Waals surface area contributed by atoms with Crippen molar-refractivity contribution in [3.63, 3.8) is 0 Å². The molecule has 0 saturated carbocycles. The maximum absolute atomic E-state index is 13.1. The second kappa shape index (κ2) is 9.19. The van der Waals surface area contributed by atoms with Crippen molar-refractivity contribution < 1.29 is 14.0 Å². The number of nitrogens with one attached hydrogen (secondary N) is 1. The summed E-state index contributed by atoms with van der Waals surface area (Å²) in [5.74, 6) is 0.304. The first-order chi connectivity index (χ1) is 15.4. The Morgan fingerprint density at radius 3 is 2.31 bits per heavy atom. The largest absolute Gasteiger partial charge is 0.450 e. The molecule has 1 atom stereocenters. The predicted molar refractivity (Wildman–Crippen MR) is 127 cm³/mol. The minimum absolute atomic E-state index is 0.0400. The molecule has 3 aromatic rings. The zero-order valence-electron chi connectivity index (χ0n) is 19.4. The molecule has 1 aliphatic rings. The number of hydrogen-bond donors (Lipinski definition) is 1. The summed E-state index contributed by atoms with van der Waals surface area (Å²) in [6.45, 7) is 9.36. The van der Waals surface area contributed by atoms with Gasteiger partial charge in [0.05, 0.1) is 5.92 Å². The van der Waals surface area contributed by atoms with E-state index in [9.17, 15) is 9.59 Å². The molecule has 0 radical (unpaired) electrons. The van der Waals surface area contributed by atoms with Gasteiger partial charge in [-0.2, -0.15) is 0 Å². The molecule has 1 aliphatic heterocycles. The van der Waals surface area contributed by atoms with Gasteiger partial charge in [-0.3, -0.25) is 9.59 Å². The summed E-state index contributed by atoms with van der Waals surface area (Å²) in [6, 6.07) is 14.1. The molecule has 0 bridgehead atoms. The van der Waals surface area contributed by atoms with E-state index in [1.807, 2.05) is 62.1 Å². The van der Waals surface area contributed by atoms with Gasteiger partial charge >= 0.3 is 0 Å². The van der Waals surface area contributed by atoms with E-state index in [2.05, 4.69) is 18.3 Å². The smallest absolute Gasteiger partial charge is 0.287 e. The van der Waals surface area contributed by atoms with E-state index in [0.717, 1.165) is 52.5 Å². The highest BCUT2D eigenvalue weighted by Gasteiger charge is 2.30. The average molecular weight is 433 g/mol. The Bertz CT molecular complexity index is 1120. The van der Waals surface area contributed by atoms with E-state index in [-0.39, 0.29) is 23.8 Å². The zero-order chi connectivity index (χ0) is 22.8. The first kappa shape index (κ1) is 22.1. The van der Waals surface area contributed by atoms with Crippen LogP contribution in [-0.4, -0.2) is 35.8 Å². The number of carbonyl (C=O) groups is 2. The Morgan fingerprint density at radius 1 is 1.03 bits per heavy atom. The summed E-state index contributed by atoms with van der Waals surface area (Å²) in [7, 11) is 0. The normalized spacial score (nSPS) is 15.7. The lowest BCUT2D eigenvalue weighted by Crippen LogP contribution is -2.47. The molecule has 32 heavy (non-hydrogen) atoms. The van der Waals surface area contributed by atoms with Crippen LogP contribution in [-0.2, 0) is 4.79 Å². The molecule has 2 aromatic carbocycles. The van der Waals surface area contributed by atoms with Crippen LogP contribution >= 0.6 is 0 Å². The Labute approximate surface area is 189 Å². The van der Waals surface area contributed by atoms with Crippen molar-refractivity contribution in [2.45, 2.75) is 58.9 Å². The van der Waals surface area contributed by atoms with E-state index in [0.29, 0.717) is 18.8 Å². The van der Waals surface area contributed by atoms with Crippen molar-refractivity contribution in [1.29, 1.82) is 0 Å². The van der Waals surface area contributed by atoms with Crippen LogP contribution in [0.15, 0.2) is 46.9 Å². The van der Waals surface area contributed by atoms with Crippen molar-refractivity contribution in [2.75, 3.05) is 13.1 Å². The number of amides is 2. The molecule has 2 amide bonds. The maximum Gasteiger partial charge on any atom is 0.287 e. The minimum atomic E-state index is -0.169. The molecule has 1 saturated heterocycles. The number of nitrogens with zero attached hydrogens (tertiary/aromatic N) is 1. The van der Waals surface area contributed by atoms with Gasteiger partial charge in [0.25, 0.3) is 5.91 Å². The monoisotopic (exact) mass is 432 g/mol. The number of aryl methyl sites for hydroxylation is 3. The zero-order valence-corrected chi connectivity index (χ0v) is 19.4. The number of likely N-dealkylation sites (tertiary alicyclic amines) is 1. The van der Waals surface area contributed by atoms with Crippen molar-refractivity contribution in [3.05, 3.63) is 70.5 Å². The predicted octanol–water partition coefficient (Wildman–Crippen LogP) is 5.27. The fourth-order valence-electron chi connectivity index (χ4n) is 4.85. The summed E-state index contributed by atoms with van der Waals surface area (Å²) in [6.07, 6.45) is 2.28. The van der Waals surface area contributed by atoms with E-state index in [4.69, 9.17) is 4.42 Å². The quantitative estimate of drug-likeness (QED) is 0.597. The number of hydrogen-bond acceptors (Lipinski definition) is 3. The van der Waals surface area contributed by atoms with Gasteiger partial charge in [0.1, 0.15) is 5.58 Å². The molecular formula is C27H32N2O3. The third-order valence-electron chi connectivity index (χ3n) is 6.74. The Kier molecular flexibility index (Phi) is 6.35. The van der Waals surface area contributed by atoms with Gasteiger partial charge in [0.2, 0.25) is 5.91 Å². The fourth-order valence-corrected chi connectivity index (χ4v) is 4.85. The van der Waals surface area contributed by atoms with Crippen LogP contribution in [0.5, 0.6) is 0 Å². The molecular weight excluding hydrogens is 400 g/mol.